The van der Waals surface area contributed by atoms with Gasteiger partial charge in [-0.25, -0.2) is 0 Å². The van der Waals surface area contributed by atoms with E-state index in [2.05, 4.69) is 58.5 Å². The van der Waals surface area contributed by atoms with Gasteiger partial charge in [0.25, 0.3) is 0 Å². The van der Waals surface area contributed by atoms with Crippen LogP contribution in [-0.2, 0) is 0 Å². The molecule has 94 valence electrons. The normalized spacial score (nSPS) is 12.4. The van der Waals surface area contributed by atoms with Gasteiger partial charge < -0.3 is 5.32 Å². The van der Waals surface area contributed by atoms with Crippen molar-refractivity contribution in [2.24, 2.45) is 0 Å². The minimum absolute atomic E-state index is 0.180. The van der Waals surface area contributed by atoms with E-state index < -0.39 is 0 Å². The van der Waals surface area contributed by atoms with E-state index in [0.29, 0.717) is 0 Å². The van der Waals surface area contributed by atoms with Crippen LogP contribution in [0.3, 0.4) is 0 Å². The Morgan fingerprint density at radius 2 is 1.78 bits per heavy atom. The Bertz CT molecular complexity index is 537. The van der Waals surface area contributed by atoms with Gasteiger partial charge in [0, 0.05) is 9.50 Å². The zero-order valence-electron chi connectivity index (χ0n) is 10.4. The monoisotopic (exact) mass is 323 g/mol. The van der Waals surface area contributed by atoms with Gasteiger partial charge in [-0.1, -0.05) is 45.7 Å². The predicted octanol–water partition coefficient (Wildman–Crippen LogP) is 4.72. The number of hydrogen-bond donors (Lipinski definition) is 1. The van der Waals surface area contributed by atoms with Crippen LogP contribution in [0.1, 0.15) is 22.7 Å². The molecule has 0 spiro atoms. The van der Waals surface area contributed by atoms with Gasteiger partial charge in [0.1, 0.15) is 0 Å². The molecule has 1 atom stereocenters. The molecule has 0 fully saturated rings. The third-order valence-electron chi connectivity index (χ3n) is 3.04. The zero-order valence-corrected chi connectivity index (χ0v) is 12.7. The van der Waals surface area contributed by atoms with Gasteiger partial charge in [0.05, 0.1) is 6.04 Å². The highest BCUT2D eigenvalue weighted by Gasteiger charge is 2.14. The fourth-order valence-electron chi connectivity index (χ4n) is 2.08. The molecule has 3 heteroatoms. The molecule has 18 heavy (non-hydrogen) atoms. The first-order chi connectivity index (χ1) is 8.61. The third kappa shape index (κ3) is 2.94. The van der Waals surface area contributed by atoms with Crippen LogP contribution < -0.4 is 5.32 Å². The SMILES string of the molecule is CNC(c1ccc(Cl)cc1)c1cc(Br)ccc1C. The summed E-state index contributed by atoms with van der Waals surface area (Å²) in [6.07, 6.45) is 0. The highest BCUT2D eigenvalue weighted by molar-refractivity contribution is 9.10. The van der Waals surface area contributed by atoms with Crippen LogP contribution in [0, 0.1) is 6.92 Å². The van der Waals surface area contributed by atoms with Gasteiger partial charge in [-0.2, -0.15) is 0 Å². The topological polar surface area (TPSA) is 12.0 Å². The molecule has 2 aromatic rings. The van der Waals surface area contributed by atoms with Gasteiger partial charge in [-0.05, 0) is 54.9 Å². The highest BCUT2D eigenvalue weighted by atomic mass is 79.9. The lowest BCUT2D eigenvalue weighted by Gasteiger charge is -2.20. The summed E-state index contributed by atoms with van der Waals surface area (Å²) >= 11 is 9.46. The fourth-order valence-corrected chi connectivity index (χ4v) is 2.58. The van der Waals surface area contributed by atoms with Gasteiger partial charge in [0.2, 0.25) is 0 Å². The second kappa shape index (κ2) is 5.87. The number of rotatable bonds is 3. The molecule has 0 heterocycles. The lowest BCUT2D eigenvalue weighted by atomic mass is 9.95. The van der Waals surface area contributed by atoms with E-state index in [1.807, 2.05) is 19.2 Å². The number of nitrogens with one attached hydrogen (secondary N) is 1. The molecule has 2 rings (SSSR count). The quantitative estimate of drug-likeness (QED) is 0.861. The number of aryl methyl sites for hydroxylation is 1. The maximum atomic E-state index is 5.93. The largest absolute Gasteiger partial charge is 0.309 e. The Balaban J connectivity index is 2.44. The van der Waals surface area contributed by atoms with Crippen LogP contribution in [0.2, 0.25) is 5.02 Å². The Kier molecular flexibility index (Phi) is 4.44. The summed E-state index contributed by atoms with van der Waals surface area (Å²) in [5, 5.41) is 4.12. The lowest BCUT2D eigenvalue weighted by Crippen LogP contribution is -2.18. The molecule has 2 aromatic carbocycles. The highest BCUT2D eigenvalue weighted by Crippen LogP contribution is 2.28. The number of halogens is 2. The van der Waals surface area contributed by atoms with E-state index >= 15 is 0 Å². The molecule has 1 unspecified atom stereocenters. The Hall–Kier alpha value is -0.830. The third-order valence-corrected chi connectivity index (χ3v) is 3.79. The molecule has 0 bridgehead atoms. The average molecular weight is 325 g/mol. The minimum atomic E-state index is 0.180. The first-order valence-corrected chi connectivity index (χ1v) is 6.97. The molecule has 1 nitrogen and oxygen atoms in total. The van der Waals surface area contributed by atoms with Gasteiger partial charge in [0.15, 0.2) is 0 Å². The van der Waals surface area contributed by atoms with Crippen molar-refractivity contribution in [3.63, 3.8) is 0 Å². The molecule has 0 aliphatic carbocycles. The summed E-state index contributed by atoms with van der Waals surface area (Å²) in [4.78, 5) is 0. The first kappa shape index (κ1) is 13.6. The molecule has 0 saturated heterocycles. The van der Waals surface area contributed by atoms with Crippen LogP contribution in [-0.4, -0.2) is 7.05 Å². The lowest BCUT2D eigenvalue weighted by molar-refractivity contribution is 0.687. The van der Waals surface area contributed by atoms with E-state index in [1.54, 1.807) is 0 Å². The Morgan fingerprint density at radius 3 is 2.39 bits per heavy atom. The zero-order chi connectivity index (χ0) is 13.1. The molecule has 0 radical (unpaired) electrons. The standard InChI is InChI=1S/C15H15BrClN/c1-10-3-6-12(16)9-14(10)15(18-2)11-4-7-13(17)8-5-11/h3-9,15,18H,1-2H3. The maximum Gasteiger partial charge on any atom is 0.0577 e. The van der Waals surface area contributed by atoms with Gasteiger partial charge >= 0.3 is 0 Å². The van der Waals surface area contributed by atoms with Crippen molar-refractivity contribution in [1.82, 2.24) is 5.32 Å². The van der Waals surface area contributed by atoms with Crippen LogP contribution >= 0.6 is 27.5 Å². The Labute approximate surface area is 121 Å². The van der Waals surface area contributed by atoms with Crippen molar-refractivity contribution in [1.29, 1.82) is 0 Å². The van der Waals surface area contributed by atoms with Crippen LogP contribution in [0.4, 0.5) is 0 Å². The van der Waals surface area contributed by atoms with Gasteiger partial charge in [-0.15, -0.1) is 0 Å². The number of hydrogen-bond acceptors (Lipinski definition) is 1. The summed E-state index contributed by atoms with van der Waals surface area (Å²) in [6.45, 7) is 2.13. The smallest absolute Gasteiger partial charge is 0.0577 e. The first-order valence-electron chi connectivity index (χ1n) is 5.80. The van der Waals surface area contributed by atoms with Crippen LogP contribution in [0.5, 0.6) is 0 Å². The van der Waals surface area contributed by atoms with E-state index in [9.17, 15) is 0 Å². The van der Waals surface area contributed by atoms with E-state index in [-0.39, 0.29) is 6.04 Å². The van der Waals surface area contributed by atoms with Crippen LogP contribution in [0.25, 0.3) is 0 Å². The molecule has 0 aliphatic heterocycles. The van der Waals surface area contributed by atoms with Crippen molar-refractivity contribution in [2.75, 3.05) is 7.05 Å². The number of benzene rings is 2. The van der Waals surface area contributed by atoms with Crippen molar-refractivity contribution >= 4 is 27.5 Å². The van der Waals surface area contributed by atoms with E-state index in [4.69, 9.17) is 11.6 Å². The molecule has 0 aliphatic rings. The van der Waals surface area contributed by atoms with Crippen molar-refractivity contribution < 1.29 is 0 Å². The summed E-state index contributed by atoms with van der Waals surface area (Å²) < 4.78 is 1.09. The second-order valence-electron chi connectivity index (χ2n) is 4.27. The van der Waals surface area contributed by atoms with Crippen molar-refractivity contribution in [3.8, 4) is 0 Å². The average Bonchev–Trinajstić information content (AvgIpc) is 2.37. The minimum Gasteiger partial charge on any atom is -0.309 e. The summed E-state index contributed by atoms with van der Waals surface area (Å²) in [5.74, 6) is 0. The molecular formula is C15H15BrClN. The molecule has 1 N–H and O–H groups in total. The fraction of sp³-hybridized carbons (Fsp3) is 0.200. The summed E-state index contributed by atoms with van der Waals surface area (Å²) in [6, 6.07) is 14.5. The Morgan fingerprint density at radius 1 is 1.11 bits per heavy atom. The van der Waals surface area contributed by atoms with Gasteiger partial charge in [-0.3, -0.25) is 0 Å². The summed E-state index contributed by atoms with van der Waals surface area (Å²) in [5.41, 5.74) is 3.75. The van der Waals surface area contributed by atoms with Crippen LogP contribution in [0.15, 0.2) is 46.9 Å². The van der Waals surface area contributed by atoms with E-state index in [0.717, 1.165) is 9.50 Å². The predicted molar refractivity (Wildman–Crippen MR) is 81.2 cm³/mol. The van der Waals surface area contributed by atoms with Crippen molar-refractivity contribution in [2.45, 2.75) is 13.0 Å². The van der Waals surface area contributed by atoms with Crippen molar-refractivity contribution in [3.05, 3.63) is 68.7 Å². The van der Waals surface area contributed by atoms with E-state index in [1.165, 1.54) is 16.7 Å². The maximum absolute atomic E-state index is 5.93. The summed E-state index contributed by atoms with van der Waals surface area (Å²) in [7, 11) is 1.97. The molecule has 0 saturated carbocycles. The second-order valence-corrected chi connectivity index (χ2v) is 5.63. The molecule has 0 amide bonds. The molecule has 0 aromatic heterocycles. The molecular weight excluding hydrogens is 310 g/mol.